The maximum absolute atomic E-state index is 14.7. The Morgan fingerprint density at radius 1 is 0.765 bits per heavy atom. The Kier molecular flexibility index (Phi) is 12.5. The molecule has 5 aromatic rings. The third kappa shape index (κ3) is 10.2. The Labute approximate surface area is 305 Å². The van der Waals surface area contributed by atoms with Crippen LogP contribution in [0.15, 0.2) is 138 Å². The summed E-state index contributed by atoms with van der Waals surface area (Å²) in [5, 5.41) is 3.48. The summed E-state index contributed by atoms with van der Waals surface area (Å²) in [6.45, 7) is 5.71. The molecule has 0 spiro atoms. The summed E-state index contributed by atoms with van der Waals surface area (Å²) in [5.74, 6) is 0.402. The molecule has 10 heteroatoms. The van der Waals surface area contributed by atoms with Crippen molar-refractivity contribution in [3.63, 3.8) is 0 Å². The number of nitrogens with one attached hydrogen (secondary N) is 1. The molecular formula is C41H42ClN3O5S. The molecule has 0 bridgehead atoms. The van der Waals surface area contributed by atoms with Crippen LogP contribution in [0.5, 0.6) is 11.5 Å². The fourth-order valence-corrected chi connectivity index (χ4v) is 7.11. The van der Waals surface area contributed by atoms with E-state index in [1.54, 1.807) is 54.6 Å². The van der Waals surface area contributed by atoms with Crippen molar-refractivity contribution < 1.29 is 22.7 Å². The van der Waals surface area contributed by atoms with E-state index in [9.17, 15) is 18.0 Å². The molecule has 0 fully saturated rings. The summed E-state index contributed by atoms with van der Waals surface area (Å²) in [7, 11) is -4.25. The number of para-hydroxylation sites is 1. The van der Waals surface area contributed by atoms with Gasteiger partial charge in [0.15, 0.2) is 0 Å². The van der Waals surface area contributed by atoms with Crippen molar-refractivity contribution in [1.29, 1.82) is 0 Å². The van der Waals surface area contributed by atoms with Gasteiger partial charge in [-0.05, 0) is 84.6 Å². The summed E-state index contributed by atoms with van der Waals surface area (Å²) in [5.41, 5.74) is 2.70. The Bertz CT molecular complexity index is 2010. The van der Waals surface area contributed by atoms with E-state index in [1.165, 1.54) is 17.0 Å². The lowest BCUT2D eigenvalue weighted by Gasteiger charge is -2.34. The van der Waals surface area contributed by atoms with E-state index in [0.717, 1.165) is 15.4 Å². The first kappa shape index (κ1) is 37.1. The van der Waals surface area contributed by atoms with Crippen LogP contribution in [-0.2, 0) is 32.6 Å². The minimum Gasteiger partial charge on any atom is -0.457 e. The number of aryl methyl sites for hydroxylation is 1. The van der Waals surface area contributed by atoms with Crippen LogP contribution in [0.25, 0.3) is 0 Å². The third-order valence-electron chi connectivity index (χ3n) is 8.19. The van der Waals surface area contributed by atoms with Gasteiger partial charge in [-0.2, -0.15) is 0 Å². The van der Waals surface area contributed by atoms with Crippen molar-refractivity contribution in [3.05, 3.63) is 155 Å². The van der Waals surface area contributed by atoms with E-state index in [0.29, 0.717) is 28.6 Å². The highest BCUT2D eigenvalue weighted by Gasteiger charge is 2.34. The number of hydrogen-bond donors (Lipinski definition) is 1. The molecular weight excluding hydrogens is 682 g/mol. The summed E-state index contributed by atoms with van der Waals surface area (Å²) >= 11 is 6.35. The van der Waals surface area contributed by atoms with Crippen LogP contribution in [0.4, 0.5) is 5.69 Å². The first-order valence-electron chi connectivity index (χ1n) is 16.8. The molecule has 0 radical (unpaired) electrons. The van der Waals surface area contributed by atoms with Crippen molar-refractivity contribution in [2.45, 2.75) is 44.7 Å². The SMILES string of the molecule is Cc1ccc(S(=O)(=O)N(CC(=O)N(Cc2cccc(Cl)c2)[C@@H](Cc2ccccc2)C(=O)NCC(C)C)c2ccc(Oc3ccccc3)cc2)cc1. The molecule has 5 rings (SSSR count). The number of anilines is 1. The normalized spacial score (nSPS) is 11.9. The molecule has 0 heterocycles. The van der Waals surface area contributed by atoms with E-state index >= 15 is 0 Å². The van der Waals surface area contributed by atoms with E-state index in [-0.39, 0.29) is 35.4 Å². The van der Waals surface area contributed by atoms with Gasteiger partial charge in [0.25, 0.3) is 10.0 Å². The molecule has 0 saturated carbocycles. The summed E-state index contributed by atoms with van der Waals surface area (Å²) < 4.78 is 35.8. The smallest absolute Gasteiger partial charge is 0.264 e. The largest absolute Gasteiger partial charge is 0.457 e. The average Bonchev–Trinajstić information content (AvgIpc) is 3.12. The standard InChI is InChI=1S/C41H42ClN3O5S/c1-30(2)27-43-41(47)39(26-32-11-6-4-7-12-32)44(28-33-13-10-14-34(42)25-33)40(46)29-45(51(48,49)38-23-17-31(3)18-24-38)35-19-21-37(22-20-35)50-36-15-8-5-9-16-36/h4-25,30,39H,26-29H2,1-3H3,(H,43,47)/t39-/m0/s1. The zero-order valence-corrected chi connectivity index (χ0v) is 30.5. The molecule has 0 unspecified atom stereocenters. The number of carbonyl (C=O) groups excluding carboxylic acids is 2. The quantitative estimate of drug-likeness (QED) is 0.118. The monoisotopic (exact) mass is 723 g/mol. The molecule has 0 aliphatic rings. The maximum atomic E-state index is 14.7. The average molecular weight is 724 g/mol. The molecule has 0 saturated heterocycles. The second kappa shape index (κ2) is 17.2. The van der Waals surface area contributed by atoms with Crippen LogP contribution >= 0.6 is 11.6 Å². The number of nitrogens with zero attached hydrogens (tertiary/aromatic N) is 2. The van der Waals surface area contributed by atoms with Gasteiger partial charge in [-0.1, -0.05) is 104 Å². The molecule has 1 N–H and O–H groups in total. The predicted octanol–water partition coefficient (Wildman–Crippen LogP) is 8.05. The van der Waals surface area contributed by atoms with Gasteiger partial charge in [0.05, 0.1) is 10.6 Å². The summed E-state index contributed by atoms with van der Waals surface area (Å²) in [4.78, 5) is 30.2. The van der Waals surface area contributed by atoms with Gasteiger partial charge < -0.3 is 15.0 Å². The van der Waals surface area contributed by atoms with Crippen LogP contribution < -0.4 is 14.4 Å². The van der Waals surface area contributed by atoms with Crippen LogP contribution in [0.3, 0.4) is 0 Å². The van der Waals surface area contributed by atoms with Crippen molar-refractivity contribution in [2.75, 3.05) is 17.4 Å². The number of sulfonamides is 1. The Balaban J connectivity index is 1.56. The highest BCUT2D eigenvalue weighted by Crippen LogP contribution is 2.29. The Hall–Kier alpha value is -5.12. The number of halogens is 1. The minimum atomic E-state index is -4.25. The minimum absolute atomic E-state index is 0.0221. The van der Waals surface area contributed by atoms with Gasteiger partial charge in [-0.3, -0.25) is 13.9 Å². The van der Waals surface area contributed by atoms with Gasteiger partial charge in [0, 0.05) is 24.5 Å². The zero-order chi connectivity index (χ0) is 36.4. The number of amides is 2. The molecule has 0 aromatic heterocycles. The molecule has 8 nitrogen and oxygen atoms in total. The number of hydrogen-bond acceptors (Lipinski definition) is 5. The molecule has 5 aromatic carbocycles. The predicted molar refractivity (Wildman–Crippen MR) is 202 cm³/mol. The summed E-state index contributed by atoms with van der Waals surface area (Å²) in [6.07, 6.45) is 0.216. The Morgan fingerprint density at radius 3 is 2.00 bits per heavy atom. The molecule has 51 heavy (non-hydrogen) atoms. The van der Waals surface area contributed by atoms with Crippen LogP contribution in [0.2, 0.25) is 5.02 Å². The summed E-state index contributed by atoms with van der Waals surface area (Å²) in [6, 6.07) is 37.8. The second-order valence-corrected chi connectivity index (χ2v) is 15.0. The van der Waals surface area contributed by atoms with Gasteiger partial charge in [-0.25, -0.2) is 8.42 Å². The highest BCUT2D eigenvalue weighted by atomic mass is 35.5. The first-order valence-corrected chi connectivity index (χ1v) is 18.6. The lowest BCUT2D eigenvalue weighted by atomic mass is 10.0. The number of ether oxygens (including phenoxy) is 1. The number of carbonyl (C=O) groups is 2. The second-order valence-electron chi connectivity index (χ2n) is 12.7. The van der Waals surface area contributed by atoms with Crippen LogP contribution in [0, 0.1) is 12.8 Å². The van der Waals surface area contributed by atoms with E-state index < -0.39 is 28.5 Å². The van der Waals surface area contributed by atoms with Crippen molar-refractivity contribution in [2.24, 2.45) is 5.92 Å². The van der Waals surface area contributed by atoms with Crippen LogP contribution in [0.1, 0.15) is 30.5 Å². The number of benzene rings is 5. The van der Waals surface area contributed by atoms with Crippen molar-refractivity contribution in [1.82, 2.24) is 10.2 Å². The molecule has 2 amide bonds. The van der Waals surface area contributed by atoms with E-state index in [1.807, 2.05) is 87.5 Å². The van der Waals surface area contributed by atoms with Gasteiger partial charge in [0.1, 0.15) is 24.1 Å². The van der Waals surface area contributed by atoms with Crippen LogP contribution in [-0.4, -0.2) is 44.3 Å². The van der Waals surface area contributed by atoms with E-state index in [2.05, 4.69) is 5.32 Å². The van der Waals surface area contributed by atoms with E-state index in [4.69, 9.17) is 16.3 Å². The fourth-order valence-electron chi connectivity index (χ4n) is 5.48. The first-order chi connectivity index (χ1) is 24.5. The van der Waals surface area contributed by atoms with Crippen molar-refractivity contribution >= 4 is 39.1 Å². The lowest BCUT2D eigenvalue weighted by Crippen LogP contribution is -2.53. The topological polar surface area (TPSA) is 96.0 Å². The van der Waals surface area contributed by atoms with Crippen molar-refractivity contribution in [3.8, 4) is 11.5 Å². The Morgan fingerprint density at radius 2 is 1.37 bits per heavy atom. The third-order valence-corrected chi connectivity index (χ3v) is 10.2. The van der Waals surface area contributed by atoms with Gasteiger partial charge >= 0.3 is 0 Å². The molecule has 1 atom stereocenters. The van der Waals surface area contributed by atoms with Gasteiger partial charge in [0.2, 0.25) is 11.8 Å². The molecule has 0 aliphatic carbocycles. The molecule has 264 valence electrons. The van der Waals surface area contributed by atoms with Gasteiger partial charge in [-0.15, -0.1) is 0 Å². The fraction of sp³-hybridized carbons (Fsp3) is 0.220. The highest BCUT2D eigenvalue weighted by molar-refractivity contribution is 7.92. The lowest BCUT2D eigenvalue weighted by molar-refractivity contribution is -0.140. The maximum Gasteiger partial charge on any atom is 0.264 e. The molecule has 0 aliphatic heterocycles. The number of rotatable bonds is 15. The zero-order valence-electron chi connectivity index (χ0n) is 28.9.